The molecule has 4 atom stereocenters. The van der Waals surface area contributed by atoms with Gasteiger partial charge in [0.25, 0.3) is 0 Å². The molecular weight excluding hydrogens is 391 g/mol. The largest absolute Gasteiger partial charge is 0.419 e. The summed E-state index contributed by atoms with van der Waals surface area (Å²) in [4.78, 5) is 1.75. The Bertz CT molecular complexity index is 695. The Morgan fingerprint density at radius 3 is 2.57 bits per heavy atom. The van der Waals surface area contributed by atoms with Gasteiger partial charge >= 0.3 is 6.18 Å². The first-order chi connectivity index (χ1) is 14.1. The first-order valence-electron chi connectivity index (χ1n) is 11.7. The van der Waals surface area contributed by atoms with Crippen molar-refractivity contribution in [2.45, 2.75) is 89.0 Å². The minimum atomic E-state index is -4.53. The number of likely N-dealkylation sites (tertiary alicyclic amines) is 1. The third-order valence-electron chi connectivity index (χ3n) is 8.52. The Morgan fingerprint density at radius 2 is 1.87 bits per heavy atom. The molecule has 2 N–H and O–H groups in total. The highest BCUT2D eigenvalue weighted by Crippen LogP contribution is 2.58. The number of fused-ring (bicyclic) bond motifs is 1. The lowest BCUT2D eigenvalue weighted by atomic mass is 9.63. The standard InChI is InChI=1S/C24H36F3NO2/c1-22-12-3-5-18(8-7-17-4-2-6-20(29)14-17)21(22)10-9-19(22)11-13-28-15-23(30,16-28)24(25,26)27/h7-8,19-21,29-30H,2-6,9-16H2,1H3/b17-7-,18-8+/t19-,20+,21?,22?/m1/s1. The van der Waals surface area contributed by atoms with Gasteiger partial charge in [0, 0.05) is 13.1 Å². The fraction of sp³-hybridized carbons (Fsp3) is 0.833. The molecule has 1 aliphatic heterocycles. The number of nitrogens with zero attached hydrogens (tertiary/aromatic N) is 1. The number of hydrogen-bond donors (Lipinski definition) is 2. The van der Waals surface area contributed by atoms with Crippen LogP contribution >= 0.6 is 0 Å². The molecule has 0 spiro atoms. The quantitative estimate of drug-likeness (QED) is 0.664. The fourth-order valence-electron chi connectivity index (χ4n) is 6.64. The summed E-state index contributed by atoms with van der Waals surface area (Å²) >= 11 is 0. The summed E-state index contributed by atoms with van der Waals surface area (Å²) in [6.07, 6.45) is 10.5. The molecule has 0 aromatic carbocycles. The lowest BCUT2D eigenvalue weighted by Crippen LogP contribution is -2.69. The summed E-state index contributed by atoms with van der Waals surface area (Å²) in [6.45, 7) is 2.47. The Balaban J connectivity index is 1.35. The first kappa shape index (κ1) is 22.3. The summed E-state index contributed by atoms with van der Waals surface area (Å²) < 4.78 is 38.6. The van der Waals surface area contributed by atoms with Gasteiger partial charge in [-0.2, -0.15) is 13.2 Å². The molecule has 4 fully saturated rings. The van der Waals surface area contributed by atoms with Crippen molar-refractivity contribution >= 4 is 0 Å². The monoisotopic (exact) mass is 427 g/mol. The molecule has 170 valence electrons. The van der Waals surface area contributed by atoms with E-state index in [1.807, 2.05) is 0 Å². The van der Waals surface area contributed by atoms with E-state index in [0.717, 1.165) is 44.9 Å². The molecule has 6 heteroatoms. The molecule has 0 aromatic rings. The summed E-state index contributed by atoms with van der Waals surface area (Å²) in [5, 5.41) is 19.6. The van der Waals surface area contributed by atoms with Gasteiger partial charge in [0.05, 0.1) is 6.10 Å². The number of alkyl halides is 3. The van der Waals surface area contributed by atoms with Gasteiger partial charge in [-0.15, -0.1) is 0 Å². The van der Waals surface area contributed by atoms with E-state index >= 15 is 0 Å². The zero-order valence-electron chi connectivity index (χ0n) is 18.1. The molecule has 30 heavy (non-hydrogen) atoms. The Kier molecular flexibility index (Phi) is 6.15. The van der Waals surface area contributed by atoms with Gasteiger partial charge in [0.15, 0.2) is 5.60 Å². The molecule has 3 nitrogen and oxygen atoms in total. The summed E-state index contributed by atoms with van der Waals surface area (Å²) in [7, 11) is 0. The van der Waals surface area contributed by atoms with Gasteiger partial charge < -0.3 is 10.2 Å². The van der Waals surface area contributed by atoms with Crippen LogP contribution in [0.2, 0.25) is 0 Å². The van der Waals surface area contributed by atoms with Gasteiger partial charge in [0.1, 0.15) is 0 Å². The number of hydrogen-bond acceptors (Lipinski definition) is 3. The van der Waals surface area contributed by atoms with Crippen molar-refractivity contribution in [1.82, 2.24) is 4.90 Å². The van der Waals surface area contributed by atoms with E-state index in [-0.39, 0.29) is 24.6 Å². The zero-order chi connectivity index (χ0) is 21.6. The maximum atomic E-state index is 12.9. The van der Waals surface area contributed by atoms with Crippen molar-refractivity contribution in [3.63, 3.8) is 0 Å². The second-order valence-corrected chi connectivity index (χ2v) is 10.5. The van der Waals surface area contributed by atoms with Gasteiger partial charge in [-0.3, -0.25) is 4.90 Å². The topological polar surface area (TPSA) is 43.7 Å². The summed E-state index contributed by atoms with van der Waals surface area (Å²) in [6, 6.07) is 0. The van der Waals surface area contributed by atoms with Crippen LogP contribution in [0.1, 0.15) is 71.1 Å². The molecule has 4 rings (SSSR count). The average Bonchev–Trinajstić information content (AvgIpc) is 2.98. The predicted molar refractivity (Wildman–Crippen MR) is 111 cm³/mol. The van der Waals surface area contributed by atoms with Crippen LogP contribution in [0.4, 0.5) is 13.2 Å². The van der Waals surface area contributed by atoms with E-state index in [9.17, 15) is 23.4 Å². The Morgan fingerprint density at radius 1 is 1.10 bits per heavy atom. The normalized spacial score (nSPS) is 39.9. The number of aliphatic hydroxyl groups excluding tert-OH is 1. The summed E-state index contributed by atoms with van der Waals surface area (Å²) in [5.74, 6) is 1.11. The van der Waals surface area contributed by atoms with Crippen LogP contribution < -0.4 is 0 Å². The molecule has 2 unspecified atom stereocenters. The van der Waals surface area contributed by atoms with Crippen LogP contribution in [-0.4, -0.2) is 52.6 Å². The highest BCUT2D eigenvalue weighted by Gasteiger charge is 2.60. The molecular formula is C24H36F3NO2. The molecule has 1 heterocycles. The third kappa shape index (κ3) is 4.24. The third-order valence-corrected chi connectivity index (χ3v) is 8.52. The molecule has 0 radical (unpaired) electrons. The minimum Gasteiger partial charge on any atom is -0.393 e. The first-order valence-corrected chi connectivity index (χ1v) is 11.7. The number of β-amino-alcohol motifs (C(OH)–C–C–N with tert-alkyl or cyclic N) is 1. The number of aliphatic hydroxyl groups is 2. The average molecular weight is 428 g/mol. The SMILES string of the molecule is CC12CCC/C(=C\C=C3\CCC[C@H](O)C3)C1CC[C@@H]2CCN1CC(O)(C(F)(F)F)C1. The Hall–Kier alpha value is -0.850. The lowest BCUT2D eigenvalue weighted by Gasteiger charge is -2.48. The van der Waals surface area contributed by atoms with E-state index < -0.39 is 11.8 Å². The van der Waals surface area contributed by atoms with Crippen molar-refractivity contribution in [3.8, 4) is 0 Å². The van der Waals surface area contributed by atoms with E-state index in [2.05, 4.69) is 19.1 Å². The van der Waals surface area contributed by atoms with E-state index in [0.29, 0.717) is 18.4 Å². The van der Waals surface area contributed by atoms with Gasteiger partial charge in [-0.05, 0) is 88.0 Å². The maximum absolute atomic E-state index is 12.9. The minimum absolute atomic E-state index is 0.188. The molecule has 3 aliphatic carbocycles. The lowest BCUT2D eigenvalue weighted by molar-refractivity contribution is -0.301. The molecule has 0 aromatic heterocycles. The maximum Gasteiger partial charge on any atom is 0.419 e. The second-order valence-electron chi connectivity index (χ2n) is 10.5. The molecule has 0 bridgehead atoms. The van der Waals surface area contributed by atoms with Crippen LogP contribution in [-0.2, 0) is 0 Å². The summed E-state index contributed by atoms with van der Waals surface area (Å²) in [5.41, 5.74) is 0.628. The van der Waals surface area contributed by atoms with Crippen molar-refractivity contribution < 1.29 is 23.4 Å². The fourth-order valence-corrected chi connectivity index (χ4v) is 6.64. The highest BCUT2D eigenvalue weighted by molar-refractivity contribution is 5.25. The molecule has 4 aliphatic rings. The van der Waals surface area contributed by atoms with E-state index in [4.69, 9.17) is 0 Å². The molecule has 3 saturated carbocycles. The van der Waals surface area contributed by atoms with Crippen LogP contribution in [0, 0.1) is 17.3 Å². The number of allylic oxidation sites excluding steroid dienone is 3. The molecule has 0 amide bonds. The van der Waals surface area contributed by atoms with Crippen LogP contribution in [0.3, 0.4) is 0 Å². The van der Waals surface area contributed by atoms with Crippen LogP contribution in [0.25, 0.3) is 0 Å². The molecule has 1 saturated heterocycles. The van der Waals surface area contributed by atoms with Gasteiger partial charge in [0.2, 0.25) is 0 Å². The van der Waals surface area contributed by atoms with Crippen molar-refractivity contribution in [2.24, 2.45) is 17.3 Å². The van der Waals surface area contributed by atoms with Crippen molar-refractivity contribution in [1.29, 1.82) is 0 Å². The predicted octanol–water partition coefficient (Wildman–Crippen LogP) is 4.99. The van der Waals surface area contributed by atoms with Gasteiger partial charge in [-0.1, -0.05) is 30.2 Å². The van der Waals surface area contributed by atoms with E-state index in [1.54, 1.807) is 4.90 Å². The Labute approximate surface area is 178 Å². The zero-order valence-corrected chi connectivity index (χ0v) is 18.1. The van der Waals surface area contributed by atoms with Gasteiger partial charge in [-0.25, -0.2) is 0 Å². The van der Waals surface area contributed by atoms with Crippen LogP contribution in [0.15, 0.2) is 23.3 Å². The van der Waals surface area contributed by atoms with Crippen molar-refractivity contribution in [3.05, 3.63) is 23.3 Å². The second kappa shape index (κ2) is 8.25. The highest BCUT2D eigenvalue weighted by atomic mass is 19.4. The number of rotatable bonds is 4. The number of halogens is 3. The van der Waals surface area contributed by atoms with Crippen molar-refractivity contribution in [2.75, 3.05) is 19.6 Å². The van der Waals surface area contributed by atoms with E-state index in [1.165, 1.54) is 30.4 Å². The smallest absolute Gasteiger partial charge is 0.393 e. The van der Waals surface area contributed by atoms with Crippen LogP contribution in [0.5, 0.6) is 0 Å².